The summed E-state index contributed by atoms with van der Waals surface area (Å²) in [5.74, 6) is -0.337. The molecular weight excluding hydrogens is 404 g/mol. The Morgan fingerprint density at radius 1 is 1.23 bits per heavy atom. The van der Waals surface area contributed by atoms with Gasteiger partial charge in [0.2, 0.25) is 5.78 Å². The van der Waals surface area contributed by atoms with Gasteiger partial charge in [-0.05, 0) is 56.7 Å². The van der Waals surface area contributed by atoms with E-state index in [0.717, 1.165) is 6.54 Å². The lowest BCUT2D eigenvalue weighted by atomic mass is 9.94. The van der Waals surface area contributed by atoms with Crippen LogP contribution in [0.2, 0.25) is 0 Å². The fraction of sp³-hybridized carbons (Fsp3) is 0.364. The van der Waals surface area contributed by atoms with Crippen molar-refractivity contribution < 1.29 is 24.2 Å². The summed E-state index contributed by atoms with van der Waals surface area (Å²) in [5, 5.41) is 12.5. The van der Waals surface area contributed by atoms with Gasteiger partial charge in [0.25, 0.3) is 5.91 Å². The molecule has 0 radical (unpaired) electrons. The van der Waals surface area contributed by atoms with Crippen molar-refractivity contribution in [3.63, 3.8) is 0 Å². The molecule has 1 N–H and O–H groups in total. The van der Waals surface area contributed by atoms with E-state index in [0.29, 0.717) is 34.9 Å². The van der Waals surface area contributed by atoms with Gasteiger partial charge in [-0.3, -0.25) is 9.59 Å². The van der Waals surface area contributed by atoms with Crippen molar-refractivity contribution in [2.24, 2.45) is 0 Å². The third kappa shape index (κ3) is 4.20. The fourth-order valence-corrected chi connectivity index (χ4v) is 4.27. The van der Waals surface area contributed by atoms with Crippen LogP contribution in [0.25, 0.3) is 0 Å². The van der Waals surface area contributed by atoms with E-state index in [9.17, 15) is 14.7 Å². The minimum absolute atomic E-state index is 0.0684. The maximum atomic E-state index is 13.3. The van der Waals surface area contributed by atoms with Crippen LogP contribution < -0.4 is 9.47 Å². The Bertz CT molecular complexity index is 952. The van der Waals surface area contributed by atoms with Gasteiger partial charge in [-0.1, -0.05) is 6.07 Å². The maximum Gasteiger partial charge on any atom is 0.290 e. The quantitative estimate of drug-likeness (QED) is 0.615. The fourth-order valence-electron chi connectivity index (χ4n) is 3.59. The number of carbonyl (C=O) groups excluding carboxylic acids is 2. The first-order valence-electron chi connectivity index (χ1n) is 9.58. The van der Waals surface area contributed by atoms with Gasteiger partial charge in [0, 0.05) is 12.1 Å². The smallest absolute Gasteiger partial charge is 0.290 e. The first kappa shape index (κ1) is 21.9. The van der Waals surface area contributed by atoms with E-state index < -0.39 is 17.7 Å². The van der Waals surface area contributed by atoms with Crippen LogP contribution in [-0.4, -0.2) is 68.0 Å². The standard InChI is InChI=1S/C22H26N2O5S/c1-23(2)10-6-11-24-19(15-13-14(28-3)8-9-16(15)29-4)18(21(26)22(24)27)20(25)17-7-5-12-30-17/h5,7-9,12-13,19,26H,6,10-11H2,1-4H3/t19-/m1/s1. The highest BCUT2D eigenvalue weighted by molar-refractivity contribution is 7.12. The highest BCUT2D eigenvalue weighted by Crippen LogP contribution is 2.43. The van der Waals surface area contributed by atoms with E-state index in [-0.39, 0.29) is 11.4 Å². The summed E-state index contributed by atoms with van der Waals surface area (Å²) < 4.78 is 10.9. The molecule has 0 spiro atoms. The number of amides is 1. The molecule has 0 saturated carbocycles. The molecule has 2 aromatic rings. The molecule has 1 aliphatic heterocycles. The summed E-state index contributed by atoms with van der Waals surface area (Å²) in [6.45, 7) is 1.15. The van der Waals surface area contributed by atoms with Crippen LogP contribution >= 0.6 is 11.3 Å². The van der Waals surface area contributed by atoms with E-state index >= 15 is 0 Å². The molecule has 0 fully saturated rings. The third-order valence-electron chi connectivity index (χ3n) is 5.03. The molecule has 2 heterocycles. The zero-order valence-electron chi connectivity index (χ0n) is 17.5. The number of aliphatic hydroxyl groups is 1. The average molecular weight is 431 g/mol. The SMILES string of the molecule is COc1ccc(OC)c([C@@H]2C(C(=O)c3cccs3)=C(O)C(=O)N2CCCN(C)C)c1. The van der Waals surface area contributed by atoms with Crippen molar-refractivity contribution in [2.45, 2.75) is 12.5 Å². The number of methoxy groups -OCH3 is 2. The summed E-state index contributed by atoms with van der Waals surface area (Å²) >= 11 is 1.27. The second kappa shape index (κ2) is 9.32. The zero-order valence-corrected chi connectivity index (χ0v) is 18.4. The van der Waals surface area contributed by atoms with Crippen LogP contribution in [0.5, 0.6) is 11.5 Å². The molecule has 3 rings (SSSR count). The lowest BCUT2D eigenvalue weighted by molar-refractivity contribution is -0.129. The van der Waals surface area contributed by atoms with Gasteiger partial charge in [-0.2, -0.15) is 0 Å². The van der Waals surface area contributed by atoms with E-state index in [2.05, 4.69) is 0 Å². The molecule has 1 aliphatic rings. The Morgan fingerprint density at radius 2 is 2.00 bits per heavy atom. The van der Waals surface area contributed by atoms with E-state index in [1.165, 1.54) is 23.3 Å². The molecule has 1 amide bonds. The van der Waals surface area contributed by atoms with E-state index in [4.69, 9.17) is 9.47 Å². The highest BCUT2D eigenvalue weighted by Gasteiger charge is 2.45. The molecule has 30 heavy (non-hydrogen) atoms. The van der Waals surface area contributed by atoms with Crippen LogP contribution in [0, 0.1) is 0 Å². The number of ketones is 1. The van der Waals surface area contributed by atoms with Gasteiger partial charge in [-0.25, -0.2) is 0 Å². The van der Waals surface area contributed by atoms with Crippen molar-refractivity contribution in [1.29, 1.82) is 0 Å². The Hall–Kier alpha value is -2.84. The van der Waals surface area contributed by atoms with Crippen LogP contribution in [-0.2, 0) is 4.79 Å². The van der Waals surface area contributed by atoms with Crippen molar-refractivity contribution in [1.82, 2.24) is 9.80 Å². The third-order valence-corrected chi connectivity index (χ3v) is 5.90. The summed E-state index contributed by atoms with van der Waals surface area (Å²) in [6.07, 6.45) is 0.690. The number of nitrogens with zero attached hydrogens (tertiary/aromatic N) is 2. The lowest BCUT2D eigenvalue weighted by Gasteiger charge is -2.28. The highest BCUT2D eigenvalue weighted by atomic mass is 32.1. The molecule has 0 aliphatic carbocycles. The van der Waals surface area contributed by atoms with Crippen LogP contribution in [0.15, 0.2) is 47.0 Å². The number of benzene rings is 1. The van der Waals surface area contributed by atoms with Crippen molar-refractivity contribution in [2.75, 3.05) is 41.4 Å². The molecule has 1 aromatic heterocycles. The largest absolute Gasteiger partial charge is 0.503 e. The second-order valence-electron chi connectivity index (χ2n) is 7.23. The van der Waals surface area contributed by atoms with Gasteiger partial charge in [0.1, 0.15) is 11.5 Å². The number of rotatable bonds is 9. The normalized spacial score (nSPS) is 16.5. The predicted molar refractivity (Wildman–Crippen MR) is 115 cm³/mol. The first-order chi connectivity index (χ1) is 14.4. The molecule has 1 atom stereocenters. The number of ether oxygens (including phenoxy) is 2. The van der Waals surface area contributed by atoms with Gasteiger partial charge in [0.15, 0.2) is 5.76 Å². The van der Waals surface area contributed by atoms with Crippen molar-refractivity contribution >= 4 is 23.0 Å². The minimum atomic E-state index is -0.765. The lowest BCUT2D eigenvalue weighted by Crippen LogP contribution is -2.33. The molecular formula is C22H26N2O5S. The number of hydrogen-bond donors (Lipinski definition) is 1. The number of Topliss-reactive ketones (excluding diaryl/α,β-unsaturated/α-hetero) is 1. The Labute approximate surface area is 180 Å². The minimum Gasteiger partial charge on any atom is -0.503 e. The molecule has 7 nitrogen and oxygen atoms in total. The maximum absolute atomic E-state index is 13.3. The topological polar surface area (TPSA) is 79.3 Å². The summed E-state index contributed by atoms with van der Waals surface area (Å²) in [4.78, 5) is 30.3. The van der Waals surface area contributed by atoms with E-state index in [1.54, 1.807) is 42.8 Å². The molecule has 160 valence electrons. The molecule has 0 unspecified atom stereocenters. The van der Waals surface area contributed by atoms with E-state index in [1.807, 2.05) is 19.0 Å². The summed E-state index contributed by atoms with van der Waals surface area (Å²) in [7, 11) is 6.99. The van der Waals surface area contributed by atoms with Gasteiger partial charge >= 0.3 is 0 Å². The summed E-state index contributed by atoms with van der Waals surface area (Å²) in [5.41, 5.74) is 0.665. The number of carbonyl (C=O) groups is 2. The van der Waals surface area contributed by atoms with Crippen LogP contribution in [0.4, 0.5) is 0 Å². The van der Waals surface area contributed by atoms with Gasteiger partial charge < -0.3 is 24.4 Å². The molecule has 8 heteroatoms. The Kier molecular flexibility index (Phi) is 6.79. The second-order valence-corrected chi connectivity index (χ2v) is 8.18. The van der Waals surface area contributed by atoms with Crippen molar-refractivity contribution in [3.8, 4) is 11.5 Å². The Morgan fingerprint density at radius 3 is 2.60 bits per heavy atom. The predicted octanol–water partition coefficient (Wildman–Crippen LogP) is 3.30. The van der Waals surface area contributed by atoms with Gasteiger partial charge in [0.05, 0.1) is 30.7 Å². The van der Waals surface area contributed by atoms with Crippen LogP contribution in [0.1, 0.15) is 27.7 Å². The number of aliphatic hydroxyl groups excluding tert-OH is 1. The molecule has 0 saturated heterocycles. The number of hydrogen-bond acceptors (Lipinski definition) is 7. The average Bonchev–Trinajstić information content (AvgIpc) is 3.35. The Balaban J connectivity index is 2.10. The van der Waals surface area contributed by atoms with Gasteiger partial charge in [-0.15, -0.1) is 11.3 Å². The number of thiophene rings is 1. The monoisotopic (exact) mass is 430 g/mol. The molecule has 1 aromatic carbocycles. The van der Waals surface area contributed by atoms with Crippen molar-refractivity contribution in [3.05, 3.63) is 57.5 Å². The zero-order chi connectivity index (χ0) is 21.8. The first-order valence-corrected chi connectivity index (χ1v) is 10.5. The molecule has 0 bridgehead atoms. The summed E-state index contributed by atoms with van der Waals surface area (Å²) in [6, 6.07) is 7.92. The van der Waals surface area contributed by atoms with Crippen LogP contribution in [0.3, 0.4) is 0 Å².